The fourth-order valence-corrected chi connectivity index (χ4v) is 2.21. The summed E-state index contributed by atoms with van der Waals surface area (Å²) in [6.45, 7) is 4.33. The number of aliphatic hydroxyl groups excluding tert-OH is 1. The average Bonchev–Trinajstić information content (AvgIpc) is 2.29. The van der Waals surface area contributed by atoms with Gasteiger partial charge in [0.25, 0.3) is 10.1 Å². The first-order chi connectivity index (χ1) is 7.57. The fourth-order valence-electron chi connectivity index (χ4n) is 1.66. The molecule has 2 N–H and O–H groups in total. The topological polar surface area (TPSA) is 90.3 Å². The van der Waals surface area contributed by atoms with Crippen LogP contribution in [0, 0.1) is 0 Å². The van der Waals surface area contributed by atoms with Gasteiger partial charge in [0.15, 0.2) is 0 Å². The van der Waals surface area contributed by atoms with E-state index in [0.29, 0.717) is 13.1 Å². The first-order valence-corrected chi connectivity index (χ1v) is 6.76. The second-order valence-electron chi connectivity index (χ2n) is 3.74. The fraction of sp³-hybridized carbons (Fsp3) is 1.00. The third-order valence-corrected chi connectivity index (χ3v) is 3.56. The van der Waals surface area contributed by atoms with E-state index in [0.717, 1.165) is 26.2 Å². The third kappa shape index (κ3) is 4.73. The standard InChI is InChI=1S/C8H18N2O5S/c11-7-5-9-1-3-10(4-2-9)6-8-16(13,14)15-12/h11-12H,1-8H2. The summed E-state index contributed by atoms with van der Waals surface area (Å²) in [5.74, 6) is -0.205. The molecule has 0 aromatic rings. The van der Waals surface area contributed by atoms with Crippen LogP contribution < -0.4 is 0 Å². The lowest BCUT2D eigenvalue weighted by Crippen LogP contribution is -2.48. The number of nitrogens with zero attached hydrogens (tertiary/aromatic N) is 2. The van der Waals surface area contributed by atoms with Crippen LogP contribution in [0.25, 0.3) is 0 Å². The van der Waals surface area contributed by atoms with Crippen LogP contribution >= 0.6 is 0 Å². The Bertz CT molecular complexity index is 287. The van der Waals surface area contributed by atoms with Gasteiger partial charge in [-0.2, -0.15) is 8.42 Å². The van der Waals surface area contributed by atoms with E-state index < -0.39 is 10.1 Å². The van der Waals surface area contributed by atoms with Crippen molar-refractivity contribution in [3.8, 4) is 0 Å². The van der Waals surface area contributed by atoms with Crippen LogP contribution in [0.2, 0.25) is 0 Å². The zero-order chi connectivity index (χ0) is 12.0. The van der Waals surface area contributed by atoms with Crippen molar-refractivity contribution in [3.05, 3.63) is 0 Å². The highest BCUT2D eigenvalue weighted by molar-refractivity contribution is 7.86. The summed E-state index contributed by atoms with van der Waals surface area (Å²) in [7, 11) is -3.78. The number of hydrogen-bond donors (Lipinski definition) is 2. The first kappa shape index (κ1) is 13.8. The minimum absolute atomic E-state index is 0.146. The van der Waals surface area contributed by atoms with Crippen molar-refractivity contribution in [1.82, 2.24) is 9.80 Å². The van der Waals surface area contributed by atoms with Crippen molar-refractivity contribution in [3.63, 3.8) is 0 Å². The summed E-state index contributed by atoms with van der Waals surface area (Å²) in [6.07, 6.45) is 0. The predicted molar refractivity (Wildman–Crippen MR) is 57.5 cm³/mol. The Morgan fingerprint density at radius 2 is 1.56 bits per heavy atom. The van der Waals surface area contributed by atoms with Gasteiger partial charge in [-0.15, -0.1) is 4.33 Å². The Morgan fingerprint density at radius 1 is 1.06 bits per heavy atom. The van der Waals surface area contributed by atoms with Crippen molar-refractivity contribution < 1.29 is 23.1 Å². The van der Waals surface area contributed by atoms with Crippen LogP contribution in [0.1, 0.15) is 0 Å². The molecule has 1 aliphatic heterocycles. The third-order valence-electron chi connectivity index (χ3n) is 2.65. The summed E-state index contributed by atoms with van der Waals surface area (Å²) in [4.78, 5) is 4.11. The van der Waals surface area contributed by atoms with Crippen LogP contribution in [0.15, 0.2) is 0 Å². The van der Waals surface area contributed by atoms with E-state index in [1.54, 1.807) is 0 Å². The van der Waals surface area contributed by atoms with Crippen molar-refractivity contribution >= 4 is 10.1 Å². The maximum atomic E-state index is 10.9. The molecule has 0 aromatic carbocycles. The molecular formula is C8H18N2O5S. The number of hydrogen-bond acceptors (Lipinski definition) is 7. The summed E-state index contributed by atoms with van der Waals surface area (Å²) in [5.41, 5.74) is 0. The van der Waals surface area contributed by atoms with Crippen molar-refractivity contribution in [2.75, 3.05) is 51.6 Å². The van der Waals surface area contributed by atoms with Gasteiger partial charge in [0.1, 0.15) is 0 Å². The largest absolute Gasteiger partial charge is 0.395 e. The number of β-amino-alcohol motifs (C(OH)–C–C–N with tert-alkyl or cyclic N) is 1. The van der Waals surface area contributed by atoms with E-state index in [-0.39, 0.29) is 12.4 Å². The Balaban J connectivity index is 2.22. The Labute approximate surface area is 95.3 Å². The van der Waals surface area contributed by atoms with Gasteiger partial charge < -0.3 is 5.11 Å². The molecule has 0 aliphatic carbocycles. The molecule has 0 saturated carbocycles. The number of piperazine rings is 1. The minimum atomic E-state index is -3.78. The zero-order valence-corrected chi connectivity index (χ0v) is 9.90. The normalized spacial score (nSPS) is 20.1. The van der Waals surface area contributed by atoms with Crippen molar-refractivity contribution in [2.24, 2.45) is 0 Å². The molecule has 0 unspecified atom stereocenters. The lowest BCUT2D eigenvalue weighted by molar-refractivity contribution is -0.130. The molecule has 0 radical (unpaired) electrons. The molecule has 1 saturated heterocycles. The molecule has 1 rings (SSSR count). The molecule has 0 atom stereocenters. The van der Waals surface area contributed by atoms with Gasteiger partial charge in [-0.3, -0.25) is 9.80 Å². The first-order valence-electron chi connectivity index (χ1n) is 5.18. The SMILES string of the molecule is O=S(=O)(CCN1CCN(CCO)CC1)OO. The number of rotatable bonds is 6. The lowest BCUT2D eigenvalue weighted by Gasteiger charge is -2.33. The van der Waals surface area contributed by atoms with E-state index in [1.165, 1.54) is 0 Å². The van der Waals surface area contributed by atoms with Gasteiger partial charge in [0, 0.05) is 39.3 Å². The zero-order valence-electron chi connectivity index (χ0n) is 9.08. The van der Waals surface area contributed by atoms with Gasteiger partial charge in [0.05, 0.1) is 12.4 Å². The van der Waals surface area contributed by atoms with Gasteiger partial charge >= 0.3 is 0 Å². The van der Waals surface area contributed by atoms with E-state index in [1.807, 2.05) is 4.90 Å². The highest BCUT2D eigenvalue weighted by atomic mass is 32.2. The van der Waals surface area contributed by atoms with Crippen LogP contribution in [0.5, 0.6) is 0 Å². The predicted octanol–water partition coefficient (Wildman–Crippen LogP) is -1.58. The smallest absolute Gasteiger partial charge is 0.294 e. The second-order valence-corrected chi connectivity index (χ2v) is 5.42. The molecule has 8 heteroatoms. The Kier molecular flexibility index (Phi) is 5.59. The Morgan fingerprint density at radius 3 is 2.00 bits per heavy atom. The molecular weight excluding hydrogens is 236 g/mol. The lowest BCUT2D eigenvalue weighted by atomic mass is 10.3. The monoisotopic (exact) mass is 254 g/mol. The van der Waals surface area contributed by atoms with Crippen molar-refractivity contribution in [1.29, 1.82) is 0 Å². The molecule has 16 heavy (non-hydrogen) atoms. The van der Waals surface area contributed by atoms with Gasteiger partial charge in [-0.1, -0.05) is 0 Å². The summed E-state index contributed by atoms with van der Waals surface area (Å²) < 4.78 is 25.1. The van der Waals surface area contributed by atoms with Gasteiger partial charge in [0.2, 0.25) is 0 Å². The van der Waals surface area contributed by atoms with E-state index in [4.69, 9.17) is 10.4 Å². The maximum Gasteiger partial charge on any atom is 0.294 e. The molecule has 96 valence electrons. The summed E-state index contributed by atoms with van der Waals surface area (Å²) in [6, 6.07) is 0. The molecule has 0 amide bonds. The molecule has 1 aliphatic rings. The highest BCUT2D eigenvalue weighted by Gasteiger charge is 2.19. The quantitative estimate of drug-likeness (QED) is 0.436. The van der Waals surface area contributed by atoms with Crippen LogP contribution in [-0.2, 0) is 14.5 Å². The van der Waals surface area contributed by atoms with E-state index >= 15 is 0 Å². The maximum absolute atomic E-state index is 10.9. The number of aliphatic hydroxyl groups is 1. The van der Waals surface area contributed by atoms with E-state index in [9.17, 15) is 8.42 Å². The minimum Gasteiger partial charge on any atom is -0.395 e. The molecule has 7 nitrogen and oxygen atoms in total. The average molecular weight is 254 g/mol. The molecule has 0 spiro atoms. The van der Waals surface area contributed by atoms with Crippen LogP contribution in [0.3, 0.4) is 0 Å². The van der Waals surface area contributed by atoms with Gasteiger partial charge in [-0.05, 0) is 0 Å². The van der Waals surface area contributed by atoms with Crippen LogP contribution in [0.4, 0.5) is 0 Å². The molecule has 0 aromatic heterocycles. The molecule has 1 fully saturated rings. The van der Waals surface area contributed by atoms with Crippen LogP contribution in [-0.4, -0.2) is 80.2 Å². The Hall–Kier alpha value is -0.250. The molecule has 0 bridgehead atoms. The van der Waals surface area contributed by atoms with Crippen molar-refractivity contribution in [2.45, 2.75) is 0 Å². The summed E-state index contributed by atoms with van der Waals surface area (Å²) >= 11 is 0. The second kappa shape index (κ2) is 6.48. The molecule has 1 heterocycles. The van der Waals surface area contributed by atoms with E-state index in [2.05, 4.69) is 9.23 Å². The van der Waals surface area contributed by atoms with Gasteiger partial charge in [-0.25, -0.2) is 5.26 Å². The highest BCUT2D eigenvalue weighted by Crippen LogP contribution is 2.02. The summed E-state index contributed by atoms with van der Waals surface area (Å²) in [5, 5.41) is 16.8.